The van der Waals surface area contributed by atoms with Gasteiger partial charge in [-0.15, -0.1) is 0 Å². The molecule has 144 valence electrons. The fraction of sp³-hybridized carbons (Fsp3) is 0.143. The molecule has 0 aliphatic carbocycles. The maximum absolute atomic E-state index is 13.4. The van der Waals surface area contributed by atoms with Crippen LogP contribution in [0.25, 0.3) is 0 Å². The van der Waals surface area contributed by atoms with Crippen LogP contribution in [0.2, 0.25) is 5.02 Å². The number of nitrogens with one attached hydrogen (secondary N) is 2. The molecule has 2 N–H and O–H groups in total. The largest absolute Gasteiger partial charge is 0.481 e. The number of pyridine rings is 1. The molecule has 0 atom stereocenters. The average Bonchev–Trinajstić information content (AvgIpc) is 2.65. The van der Waals surface area contributed by atoms with Crippen molar-refractivity contribution in [2.24, 2.45) is 0 Å². The van der Waals surface area contributed by atoms with Crippen LogP contribution in [0.1, 0.15) is 21.6 Å². The number of hydrogen-bond acceptors (Lipinski definition) is 4. The standard InChI is InChI=1S/C21H19ClFN3O2/c1-12-10-15(23)5-7-17(12)25-19-11-14(22)4-6-16(19)21(27)26-18-8-9-20(28-3)24-13(18)2/h4-11,25H,1-3H3,(H,26,27). The smallest absolute Gasteiger partial charge is 0.257 e. The molecule has 0 aliphatic rings. The van der Waals surface area contributed by atoms with E-state index in [-0.39, 0.29) is 11.7 Å². The number of amides is 1. The molecule has 0 saturated carbocycles. The molecule has 28 heavy (non-hydrogen) atoms. The van der Waals surface area contributed by atoms with Gasteiger partial charge in [-0.1, -0.05) is 11.6 Å². The lowest BCUT2D eigenvalue weighted by atomic mass is 10.1. The van der Waals surface area contributed by atoms with Gasteiger partial charge in [0.2, 0.25) is 5.88 Å². The maximum atomic E-state index is 13.4. The van der Waals surface area contributed by atoms with E-state index in [1.807, 2.05) is 0 Å². The minimum atomic E-state index is -0.325. The fourth-order valence-electron chi connectivity index (χ4n) is 2.70. The Balaban J connectivity index is 1.90. The molecule has 0 spiro atoms. The Hall–Kier alpha value is -3.12. The predicted octanol–water partition coefficient (Wildman–Crippen LogP) is 5.50. The van der Waals surface area contributed by atoms with Crippen LogP contribution in [0.15, 0.2) is 48.5 Å². The van der Waals surface area contributed by atoms with Crippen molar-refractivity contribution in [1.82, 2.24) is 4.98 Å². The monoisotopic (exact) mass is 399 g/mol. The van der Waals surface area contributed by atoms with Crippen LogP contribution in [-0.2, 0) is 0 Å². The average molecular weight is 400 g/mol. The van der Waals surface area contributed by atoms with Crippen molar-refractivity contribution in [2.45, 2.75) is 13.8 Å². The van der Waals surface area contributed by atoms with Crippen molar-refractivity contribution in [3.63, 3.8) is 0 Å². The van der Waals surface area contributed by atoms with E-state index in [4.69, 9.17) is 16.3 Å². The Morgan fingerprint density at radius 2 is 1.79 bits per heavy atom. The highest BCUT2D eigenvalue weighted by Crippen LogP contribution is 2.28. The second-order valence-electron chi connectivity index (χ2n) is 6.21. The van der Waals surface area contributed by atoms with E-state index in [0.717, 1.165) is 0 Å². The van der Waals surface area contributed by atoms with Gasteiger partial charge in [0.15, 0.2) is 0 Å². The number of carbonyl (C=O) groups is 1. The number of halogens is 2. The van der Waals surface area contributed by atoms with Crippen LogP contribution in [0.5, 0.6) is 5.88 Å². The first-order chi connectivity index (χ1) is 13.4. The normalized spacial score (nSPS) is 10.5. The van der Waals surface area contributed by atoms with E-state index < -0.39 is 0 Å². The van der Waals surface area contributed by atoms with E-state index in [0.29, 0.717) is 44.8 Å². The molecule has 5 nitrogen and oxygen atoms in total. The lowest BCUT2D eigenvalue weighted by Crippen LogP contribution is -2.15. The number of aromatic nitrogens is 1. The molecule has 0 fully saturated rings. The second kappa shape index (κ2) is 8.27. The fourth-order valence-corrected chi connectivity index (χ4v) is 2.88. The molecule has 2 aromatic carbocycles. The summed E-state index contributed by atoms with van der Waals surface area (Å²) < 4.78 is 18.4. The number of anilines is 3. The summed E-state index contributed by atoms with van der Waals surface area (Å²) in [6.45, 7) is 3.56. The molecular weight excluding hydrogens is 381 g/mol. The molecule has 1 amide bonds. The van der Waals surface area contributed by atoms with Gasteiger partial charge in [-0.05, 0) is 61.9 Å². The highest BCUT2D eigenvalue weighted by atomic mass is 35.5. The third-order valence-corrected chi connectivity index (χ3v) is 4.44. The molecule has 0 aliphatic heterocycles. The number of benzene rings is 2. The number of methoxy groups -OCH3 is 1. The van der Waals surface area contributed by atoms with E-state index >= 15 is 0 Å². The maximum Gasteiger partial charge on any atom is 0.257 e. The topological polar surface area (TPSA) is 63.2 Å². The van der Waals surface area contributed by atoms with E-state index in [2.05, 4.69) is 15.6 Å². The summed E-state index contributed by atoms with van der Waals surface area (Å²) in [7, 11) is 1.53. The molecule has 0 saturated heterocycles. The Morgan fingerprint density at radius 1 is 1.04 bits per heavy atom. The summed E-state index contributed by atoms with van der Waals surface area (Å²) in [6.07, 6.45) is 0. The second-order valence-corrected chi connectivity index (χ2v) is 6.65. The highest BCUT2D eigenvalue weighted by molar-refractivity contribution is 6.31. The number of hydrogen-bond donors (Lipinski definition) is 2. The van der Waals surface area contributed by atoms with Gasteiger partial charge in [0.25, 0.3) is 5.91 Å². The first-order valence-corrected chi connectivity index (χ1v) is 8.91. The molecular formula is C21H19ClFN3O2. The summed E-state index contributed by atoms with van der Waals surface area (Å²) in [5.41, 5.74) is 3.50. The van der Waals surface area contributed by atoms with E-state index in [1.165, 1.54) is 19.2 Å². The zero-order valence-corrected chi connectivity index (χ0v) is 16.4. The van der Waals surface area contributed by atoms with Crippen LogP contribution in [0.3, 0.4) is 0 Å². The lowest BCUT2D eigenvalue weighted by Gasteiger charge is -2.15. The SMILES string of the molecule is COc1ccc(NC(=O)c2ccc(Cl)cc2Nc2ccc(F)cc2C)c(C)n1. The zero-order valence-electron chi connectivity index (χ0n) is 15.6. The molecule has 1 aromatic heterocycles. The Labute approximate surface area is 167 Å². The summed E-state index contributed by atoms with van der Waals surface area (Å²) in [4.78, 5) is 17.1. The molecule has 7 heteroatoms. The van der Waals surface area contributed by atoms with Crippen LogP contribution < -0.4 is 15.4 Å². The van der Waals surface area contributed by atoms with Gasteiger partial charge in [-0.25, -0.2) is 9.37 Å². The summed E-state index contributed by atoms with van der Waals surface area (Å²) >= 11 is 6.12. The predicted molar refractivity (Wildman–Crippen MR) is 109 cm³/mol. The van der Waals surface area contributed by atoms with Crippen molar-refractivity contribution >= 4 is 34.6 Å². The third-order valence-electron chi connectivity index (χ3n) is 4.20. The Kier molecular flexibility index (Phi) is 5.80. The molecule has 1 heterocycles. The molecule has 3 rings (SSSR count). The molecule has 0 bridgehead atoms. The van der Waals surface area contributed by atoms with Crippen molar-refractivity contribution < 1.29 is 13.9 Å². The van der Waals surface area contributed by atoms with Gasteiger partial charge < -0.3 is 15.4 Å². The minimum Gasteiger partial charge on any atom is -0.481 e. The molecule has 0 radical (unpaired) electrons. The Bertz CT molecular complexity index is 1040. The van der Waals surface area contributed by atoms with Crippen LogP contribution in [0, 0.1) is 19.7 Å². The van der Waals surface area contributed by atoms with Crippen LogP contribution in [0.4, 0.5) is 21.5 Å². The summed E-state index contributed by atoms with van der Waals surface area (Å²) in [6, 6.07) is 12.7. The van der Waals surface area contributed by atoms with Crippen molar-refractivity contribution in [3.05, 3.63) is 76.2 Å². The molecule has 3 aromatic rings. The summed E-state index contributed by atoms with van der Waals surface area (Å²) in [5.74, 6) is -0.181. The summed E-state index contributed by atoms with van der Waals surface area (Å²) in [5, 5.41) is 6.48. The van der Waals surface area contributed by atoms with E-state index in [1.54, 1.807) is 50.2 Å². The number of rotatable bonds is 5. The lowest BCUT2D eigenvalue weighted by molar-refractivity contribution is 0.102. The van der Waals surface area contributed by atoms with E-state index in [9.17, 15) is 9.18 Å². The van der Waals surface area contributed by atoms with Gasteiger partial charge >= 0.3 is 0 Å². The quantitative estimate of drug-likeness (QED) is 0.595. The van der Waals surface area contributed by atoms with Crippen molar-refractivity contribution in [3.8, 4) is 5.88 Å². The highest BCUT2D eigenvalue weighted by Gasteiger charge is 2.15. The van der Waals surface area contributed by atoms with Crippen molar-refractivity contribution in [1.29, 1.82) is 0 Å². The first kappa shape index (κ1) is 19.6. The number of aryl methyl sites for hydroxylation is 2. The van der Waals surface area contributed by atoms with Gasteiger partial charge in [-0.2, -0.15) is 0 Å². The van der Waals surface area contributed by atoms with Crippen molar-refractivity contribution in [2.75, 3.05) is 17.7 Å². The number of ether oxygens (including phenoxy) is 1. The third kappa shape index (κ3) is 4.40. The number of carbonyl (C=O) groups excluding carboxylic acids is 1. The minimum absolute atomic E-state index is 0.324. The zero-order chi connectivity index (χ0) is 20.3. The Morgan fingerprint density at radius 3 is 2.46 bits per heavy atom. The van der Waals surface area contributed by atoms with Gasteiger partial charge in [0.1, 0.15) is 5.82 Å². The van der Waals surface area contributed by atoms with Gasteiger partial charge in [0, 0.05) is 16.8 Å². The number of nitrogens with zero attached hydrogens (tertiary/aromatic N) is 1. The van der Waals surface area contributed by atoms with Gasteiger partial charge in [-0.3, -0.25) is 4.79 Å². The molecule has 0 unspecified atom stereocenters. The first-order valence-electron chi connectivity index (χ1n) is 8.53. The van der Waals surface area contributed by atoms with Crippen LogP contribution in [-0.4, -0.2) is 18.0 Å². The van der Waals surface area contributed by atoms with Gasteiger partial charge in [0.05, 0.1) is 29.7 Å². The van der Waals surface area contributed by atoms with Crippen LogP contribution >= 0.6 is 11.6 Å².